The lowest BCUT2D eigenvalue weighted by Crippen LogP contribution is -2.54. The molecule has 6 heteroatoms. The number of carbonyl (C=O) groups excluding carboxylic acids is 1. The van der Waals surface area contributed by atoms with Crippen LogP contribution in [0.15, 0.2) is 18.3 Å². The summed E-state index contributed by atoms with van der Waals surface area (Å²) in [5.74, 6) is -1.05. The number of aliphatic carboxylic acids is 1. The quantitative estimate of drug-likeness (QED) is 0.739. The van der Waals surface area contributed by atoms with E-state index in [1.165, 1.54) is 6.92 Å². The average Bonchev–Trinajstić information content (AvgIpc) is 2.45. The van der Waals surface area contributed by atoms with E-state index in [1.54, 1.807) is 13.1 Å². The van der Waals surface area contributed by atoms with Gasteiger partial charge in [-0.25, -0.2) is 9.59 Å². The van der Waals surface area contributed by atoms with Crippen LogP contribution in [0.2, 0.25) is 0 Å². The third-order valence-corrected chi connectivity index (χ3v) is 3.35. The molecule has 0 saturated heterocycles. The molecule has 0 aliphatic carbocycles. The molecule has 1 unspecified atom stereocenters. The van der Waals surface area contributed by atoms with Crippen LogP contribution in [0.1, 0.15) is 38.4 Å². The van der Waals surface area contributed by atoms with Crippen molar-refractivity contribution < 1.29 is 14.7 Å². The van der Waals surface area contributed by atoms with Gasteiger partial charge in [0.25, 0.3) is 0 Å². The summed E-state index contributed by atoms with van der Waals surface area (Å²) in [4.78, 5) is 27.1. The normalized spacial score (nSPS) is 13.3. The summed E-state index contributed by atoms with van der Waals surface area (Å²) in [5.41, 5.74) is 0.588. The molecule has 6 nitrogen and oxygen atoms in total. The van der Waals surface area contributed by atoms with Gasteiger partial charge < -0.3 is 15.7 Å². The predicted molar refractivity (Wildman–Crippen MR) is 75.3 cm³/mol. The Morgan fingerprint density at radius 3 is 2.65 bits per heavy atom. The Kier molecular flexibility index (Phi) is 5.49. The highest BCUT2D eigenvalue weighted by Gasteiger charge is 2.32. The second-order valence-corrected chi connectivity index (χ2v) is 4.76. The minimum Gasteiger partial charge on any atom is -0.480 e. The number of hydrogen-bond donors (Lipinski definition) is 3. The van der Waals surface area contributed by atoms with Crippen LogP contribution in [0.5, 0.6) is 0 Å². The molecule has 2 amide bonds. The van der Waals surface area contributed by atoms with Crippen molar-refractivity contribution in [3.8, 4) is 0 Å². The second-order valence-electron chi connectivity index (χ2n) is 4.76. The minimum absolute atomic E-state index is 0.273. The molecule has 3 N–H and O–H groups in total. The maximum absolute atomic E-state index is 11.8. The van der Waals surface area contributed by atoms with Crippen molar-refractivity contribution in [1.29, 1.82) is 0 Å². The van der Waals surface area contributed by atoms with Crippen LogP contribution in [-0.2, 0) is 17.8 Å². The maximum Gasteiger partial charge on any atom is 0.329 e. The zero-order chi connectivity index (χ0) is 15.2. The first-order valence-electron chi connectivity index (χ1n) is 6.65. The van der Waals surface area contributed by atoms with Crippen LogP contribution in [0.3, 0.4) is 0 Å². The van der Waals surface area contributed by atoms with Crippen LogP contribution in [-0.4, -0.2) is 27.6 Å². The van der Waals surface area contributed by atoms with Crippen molar-refractivity contribution in [3.05, 3.63) is 29.6 Å². The lowest BCUT2D eigenvalue weighted by molar-refractivity contribution is -0.143. The van der Waals surface area contributed by atoms with Crippen molar-refractivity contribution in [2.45, 2.75) is 45.7 Å². The smallest absolute Gasteiger partial charge is 0.329 e. The number of nitrogens with one attached hydrogen (secondary N) is 2. The number of aromatic nitrogens is 1. The van der Waals surface area contributed by atoms with Crippen LogP contribution >= 0.6 is 0 Å². The molecule has 0 aromatic carbocycles. The van der Waals surface area contributed by atoms with E-state index < -0.39 is 17.5 Å². The molecule has 0 spiro atoms. The fourth-order valence-corrected chi connectivity index (χ4v) is 1.70. The Labute approximate surface area is 118 Å². The molecule has 110 valence electrons. The molecule has 1 aromatic rings. The molecule has 0 aliphatic rings. The van der Waals surface area contributed by atoms with Gasteiger partial charge in [0, 0.05) is 6.20 Å². The lowest BCUT2D eigenvalue weighted by Gasteiger charge is -2.24. The van der Waals surface area contributed by atoms with E-state index >= 15 is 0 Å². The third kappa shape index (κ3) is 3.94. The zero-order valence-corrected chi connectivity index (χ0v) is 12.1. The molecule has 1 heterocycles. The van der Waals surface area contributed by atoms with E-state index in [-0.39, 0.29) is 6.54 Å². The number of hydrogen-bond acceptors (Lipinski definition) is 3. The van der Waals surface area contributed by atoms with E-state index in [0.29, 0.717) is 6.42 Å². The van der Waals surface area contributed by atoms with Gasteiger partial charge in [-0.3, -0.25) is 4.98 Å². The van der Waals surface area contributed by atoms with E-state index in [2.05, 4.69) is 15.6 Å². The molecule has 20 heavy (non-hydrogen) atoms. The molecule has 0 fully saturated rings. The van der Waals surface area contributed by atoms with Gasteiger partial charge in [-0.05, 0) is 31.4 Å². The highest BCUT2D eigenvalue weighted by Crippen LogP contribution is 2.09. The highest BCUT2D eigenvalue weighted by atomic mass is 16.4. The summed E-state index contributed by atoms with van der Waals surface area (Å²) in [6.45, 7) is 5.48. The second kappa shape index (κ2) is 6.88. The number of carbonyl (C=O) groups is 2. The first-order chi connectivity index (χ1) is 9.42. The largest absolute Gasteiger partial charge is 0.480 e. The number of rotatable bonds is 6. The number of nitrogens with zero attached hydrogens (tertiary/aromatic N) is 1. The molecule has 1 rings (SSSR count). The Morgan fingerprint density at radius 1 is 1.40 bits per heavy atom. The van der Waals surface area contributed by atoms with E-state index in [0.717, 1.165) is 17.7 Å². The SMILES string of the molecule is CCc1cccnc1CNC(=O)NC(C)(CC)C(=O)O. The van der Waals surface area contributed by atoms with E-state index in [9.17, 15) is 9.59 Å². The van der Waals surface area contributed by atoms with Crippen molar-refractivity contribution in [3.63, 3.8) is 0 Å². The van der Waals surface area contributed by atoms with E-state index in [1.807, 2.05) is 19.1 Å². The standard InChI is InChI=1S/C14H21N3O3/c1-4-10-7-6-8-15-11(10)9-16-13(20)17-14(3,5-2)12(18)19/h6-8H,4-5,9H2,1-3H3,(H,18,19)(H2,16,17,20). The predicted octanol–water partition coefficient (Wildman–Crippen LogP) is 1.70. The Balaban J connectivity index is 2.62. The van der Waals surface area contributed by atoms with Gasteiger partial charge in [-0.15, -0.1) is 0 Å². The summed E-state index contributed by atoms with van der Waals surface area (Å²) < 4.78 is 0. The zero-order valence-electron chi connectivity index (χ0n) is 12.1. The average molecular weight is 279 g/mol. The Hall–Kier alpha value is -2.11. The molecule has 0 bridgehead atoms. The topological polar surface area (TPSA) is 91.3 Å². The maximum atomic E-state index is 11.8. The van der Waals surface area contributed by atoms with Gasteiger partial charge >= 0.3 is 12.0 Å². The first kappa shape index (κ1) is 15.9. The fourth-order valence-electron chi connectivity index (χ4n) is 1.70. The molecular formula is C14H21N3O3. The van der Waals surface area contributed by atoms with Crippen LogP contribution in [0.25, 0.3) is 0 Å². The number of pyridine rings is 1. The number of aryl methyl sites for hydroxylation is 1. The van der Waals surface area contributed by atoms with Crippen molar-refractivity contribution >= 4 is 12.0 Å². The summed E-state index contributed by atoms with van der Waals surface area (Å²) >= 11 is 0. The molecule has 0 radical (unpaired) electrons. The van der Waals surface area contributed by atoms with Crippen LogP contribution in [0.4, 0.5) is 4.79 Å². The van der Waals surface area contributed by atoms with E-state index in [4.69, 9.17) is 5.11 Å². The van der Waals surface area contributed by atoms with Crippen molar-refractivity contribution in [2.75, 3.05) is 0 Å². The van der Waals surface area contributed by atoms with Crippen LogP contribution < -0.4 is 10.6 Å². The summed E-state index contributed by atoms with van der Waals surface area (Å²) in [6.07, 6.45) is 2.80. The summed E-state index contributed by atoms with van der Waals surface area (Å²) in [5, 5.41) is 14.2. The van der Waals surface area contributed by atoms with Crippen LogP contribution in [0, 0.1) is 0 Å². The number of carboxylic acids is 1. The van der Waals surface area contributed by atoms with Gasteiger partial charge in [-0.1, -0.05) is 19.9 Å². The van der Waals surface area contributed by atoms with Gasteiger partial charge in [0.15, 0.2) is 0 Å². The number of amides is 2. The van der Waals surface area contributed by atoms with Crippen molar-refractivity contribution in [2.24, 2.45) is 0 Å². The Bertz CT molecular complexity index is 490. The Morgan fingerprint density at radius 2 is 2.10 bits per heavy atom. The molecule has 1 aromatic heterocycles. The fraction of sp³-hybridized carbons (Fsp3) is 0.500. The third-order valence-electron chi connectivity index (χ3n) is 3.35. The summed E-state index contributed by atoms with van der Waals surface area (Å²) in [7, 11) is 0. The monoisotopic (exact) mass is 279 g/mol. The molecular weight excluding hydrogens is 258 g/mol. The number of carboxylic acid groups (broad SMARTS) is 1. The highest BCUT2D eigenvalue weighted by molar-refractivity contribution is 5.85. The van der Waals surface area contributed by atoms with Gasteiger partial charge in [-0.2, -0.15) is 0 Å². The lowest BCUT2D eigenvalue weighted by atomic mass is 10.00. The first-order valence-corrected chi connectivity index (χ1v) is 6.65. The van der Waals surface area contributed by atoms with Gasteiger partial charge in [0.05, 0.1) is 12.2 Å². The van der Waals surface area contributed by atoms with Gasteiger partial charge in [0.1, 0.15) is 5.54 Å². The molecule has 1 atom stereocenters. The number of urea groups is 1. The van der Waals surface area contributed by atoms with Crippen molar-refractivity contribution in [1.82, 2.24) is 15.6 Å². The molecule has 0 aliphatic heterocycles. The summed E-state index contributed by atoms with van der Waals surface area (Å²) in [6, 6.07) is 3.29. The van der Waals surface area contributed by atoms with Gasteiger partial charge in [0.2, 0.25) is 0 Å². The minimum atomic E-state index is -1.26. The molecule has 0 saturated carbocycles.